The topological polar surface area (TPSA) is 38.9 Å². The minimum absolute atomic E-state index is 0.195. The highest BCUT2D eigenvalue weighted by Crippen LogP contribution is 2.29. The van der Waals surface area contributed by atoms with Gasteiger partial charge in [-0.05, 0) is 6.92 Å². The Hall–Kier alpha value is -0.550. The Bertz CT molecular complexity index is 265. The van der Waals surface area contributed by atoms with Gasteiger partial charge in [-0.1, -0.05) is 0 Å². The second kappa shape index (κ2) is 3.06. The van der Waals surface area contributed by atoms with Crippen LogP contribution < -0.4 is 5.73 Å². The predicted octanol–water partition coefficient (Wildman–Crippen LogP) is 2.27. The first-order valence-corrected chi connectivity index (χ1v) is 4.38. The molecule has 0 saturated carbocycles. The molecule has 2 nitrogen and oxygen atoms in total. The third-order valence-corrected chi connectivity index (χ3v) is 2.41. The molecule has 0 aliphatic carbocycles. The average molecular weight is 192 g/mol. The van der Waals surface area contributed by atoms with Crippen molar-refractivity contribution in [2.75, 3.05) is 0 Å². The van der Waals surface area contributed by atoms with Gasteiger partial charge in [0.1, 0.15) is 10.7 Å². The smallest absolute Gasteiger partial charge is 0.287 e. The molecule has 1 unspecified atom stereocenters. The molecule has 1 rings (SSSR count). The molecule has 1 heterocycles. The number of rotatable bonds is 2. The first-order chi connectivity index (χ1) is 5.41. The predicted molar refractivity (Wildman–Crippen MR) is 44.3 cm³/mol. The summed E-state index contributed by atoms with van der Waals surface area (Å²) in [6.45, 7) is 2.55. The summed E-state index contributed by atoms with van der Waals surface area (Å²) in [6.07, 6.45) is 0. The molecule has 0 spiro atoms. The molecule has 1 aromatic rings. The highest BCUT2D eigenvalue weighted by atomic mass is 32.1. The van der Waals surface area contributed by atoms with Crippen LogP contribution in [0.1, 0.15) is 30.6 Å². The number of hydrogen-bond donors (Lipinski definition) is 1. The monoisotopic (exact) mass is 192 g/mol. The zero-order valence-electron chi connectivity index (χ0n) is 6.84. The molecule has 0 amide bonds. The van der Waals surface area contributed by atoms with Crippen LogP contribution in [0.15, 0.2) is 5.38 Å². The third kappa shape index (κ3) is 1.98. The van der Waals surface area contributed by atoms with Crippen LogP contribution in [0.4, 0.5) is 8.78 Å². The van der Waals surface area contributed by atoms with Crippen molar-refractivity contribution in [1.29, 1.82) is 0 Å². The summed E-state index contributed by atoms with van der Waals surface area (Å²) < 4.78 is 25.3. The van der Waals surface area contributed by atoms with Crippen LogP contribution in [0.3, 0.4) is 0 Å². The van der Waals surface area contributed by atoms with E-state index in [0.717, 1.165) is 6.92 Å². The van der Waals surface area contributed by atoms with E-state index in [1.165, 1.54) is 16.7 Å². The SMILES string of the molecule is CC(N)c1nc(C(C)(F)F)cs1. The van der Waals surface area contributed by atoms with E-state index in [2.05, 4.69) is 4.98 Å². The van der Waals surface area contributed by atoms with Crippen LogP contribution in [-0.4, -0.2) is 4.98 Å². The molecular weight excluding hydrogens is 182 g/mol. The molecular formula is C7H10F2N2S. The van der Waals surface area contributed by atoms with E-state index in [-0.39, 0.29) is 11.7 Å². The quantitative estimate of drug-likeness (QED) is 0.780. The van der Waals surface area contributed by atoms with Crippen molar-refractivity contribution in [3.63, 3.8) is 0 Å². The molecule has 0 radical (unpaired) electrons. The van der Waals surface area contributed by atoms with Crippen LogP contribution in [-0.2, 0) is 5.92 Å². The van der Waals surface area contributed by atoms with Crippen molar-refractivity contribution < 1.29 is 8.78 Å². The molecule has 0 fully saturated rings. The van der Waals surface area contributed by atoms with Crippen molar-refractivity contribution in [2.24, 2.45) is 5.73 Å². The maximum Gasteiger partial charge on any atom is 0.287 e. The van der Waals surface area contributed by atoms with E-state index in [0.29, 0.717) is 5.01 Å². The van der Waals surface area contributed by atoms with Gasteiger partial charge in [-0.15, -0.1) is 11.3 Å². The van der Waals surface area contributed by atoms with Gasteiger partial charge in [0.2, 0.25) is 0 Å². The fraction of sp³-hybridized carbons (Fsp3) is 0.571. The molecule has 0 aliphatic heterocycles. The number of halogens is 2. The van der Waals surface area contributed by atoms with E-state index in [9.17, 15) is 8.78 Å². The number of aromatic nitrogens is 1. The first-order valence-electron chi connectivity index (χ1n) is 3.50. The summed E-state index contributed by atoms with van der Waals surface area (Å²) in [5.41, 5.74) is 5.28. The highest BCUT2D eigenvalue weighted by Gasteiger charge is 2.27. The standard InChI is InChI=1S/C7H10F2N2S/c1-4(10)6-11-5(3-12-6)7(2,8)9/h3-4H,10H2,1-2H3. The molecule has 2 N–H and O–H groups in total. The van der Waals surface area contributed by atoms with Gasteiger partial charge < -0.3 is 5.73 Å². The summed E-state index contributed by atoms with van der Waals surface area (Å²) >= 11 is 1.17. The van der Waals surface area contributed by atoms with E-state index in [1.807, 2.05) is 0 Å². The summed E-state index contributed by atoms with van der Waals surface area (Å²) in [5.74, 6) is -2.86. The van der Waals surface area contributed by atoms with Crippen LogP contribution in [0.2, 0.25) is 0 Å². The molecule has 1 atom stereocenters. The lowest BCUT2D eigenvalue weighted by molar-refractivity contribution is 0.0132. The molecule has 1 aromatic heterocycles. The summed E-state index contributed by atoms with van der Waals surface area (Å²) in [4.78, 5) is 3.72. The van der Waals surface area contributed by atoms with Gasteiger partial charge in [-0.3, -0.25) is 0 Å². The lowest BCUT2D eigenvalue weighted by Gasteiger charge is -2.05. The zero-order chi connectivity index (χ0) is 9.35. The van der Waals surface area contributed by atoms with E-state index >= 15 is 0 Å². The van der Waals surface area contributed by atoms with Crippen molar-refractivity contribution in [1.82, 2.24) is 4.98 Å². The van der Waals surface area contributed by atoms with Gasteiger partial charge in [0.05, 0.1) is 6.04 Å². The van der Waals surface area contributed by atoms with Crippen molar-refractivity contribution in [3.8, 4) is 0 Å². The summed E-state index contributed by atoms with van der Waals surface area (Å²) in [7, 11) is 0. The zero-order valence-corrected chi connectivity index (χ0v) is 7.66. The molecule has 0 saturated heterocycles. The number of nitrogens with two attached hydrogens (primary N) is 1. The van der Waals surface area contributed by atoms with Crippen LogP contribution in [0, 0.1) is 0 Å². The van der Waals surface area contributed by atoms with Crippen LogP contribution in [0.25, 0.3) is 0 Å². The second-order valence-corrected chi connectivity index (χ2v) is 3.64. The third-order valence-electron chi connectivity index (χ3n) is 1.36. The molecule has 68 valence electrons. The number of thiazole rings is 1. The number of hydrogen-bond acceptors (Lipinski definition) is 3. The molecule has 0 aromatic carbocycles. The minimum atomic E-state index is -2.86. The number of nitrogens with zero attached hydrogens (tertiary/aromatic N) is 1. The molecule has 0 aliphatic rings. The summed E-state index contributed by atoms with van der Waals surface area (Å²) in [5, 5.41) is 1.89. The van der Waals surface area contributed by atoms with Crippen molar-refractivity contribution >= 4 is 11.3 Å². The Morgan fingerprint density at radius 2 is 2.25 bits per heavy atom. The van der Waals surface area contributed by atoms with E-state index in [1.54, 1.807) is 6.92 Å². The summed E-state index contributed by atoms with van der Waals surface area (Å²) in [6, 6.07) is -0.272. The van der Waals surface area contributed by atoms with Crippen LogP contribution in [0.5, 0.6) is 0 Å². The maximum absolute atomic E-state index is 12.6. The number of alkyl halides is 2. The normalized spacial score (nSPS) is 14.8. The molecule has 0 bridgehead atoms. The minimum Gasteiger partial charge on any atom is -0.322 e. The Kier molecular flexibility index (Phi) is 2.44. The lowest BCUT2D eigenvalue weighted by atomic mass is 10.3. The van der Waals surface area contributed by atoms with Gasteiger partial charge in [0.15, 0.2) is 0 Å². The van der Waals surface area contributed by atoms with Crippen molar-refractivity contribution in [2.45, 2.75) is 25.8 Å². The van der Waals surface area contributed by atoms with Gasteiger partial charge >= 0.3 is 0 Å². The average Bonchev–Trinajstić information content (AvgIpc) is 2.30. The van der Waals surface area contributed by atoms with Crippen LogP contribution >= 0.6 is 11.3 Å². The molecule has 5 heteroatoms. The Balaban J connectivity index is 2.92. The fourth-order valence-corrected chi connectivity index (χ4v) is 1.56. The first kappa shape index (κ1) is 9.54. The second-order valence-electron chi connectivity index (χ2n) is 2.75. The lowest BCUT2D eigenvalue weighted by Crippen LogP contribution is -2.09. The largest absolute Gasteiger partial charge is 0.322 e. The maximum atomic E-state index is 12.6. The Labute approximate surface area is 73.4 Å². The van der Waals surface area contributed by atoms with E-state index < -0.39 is 5.92 Å². The van der Waals surface area contributed by atoms with Gasteiger partial charge in [-0.2, -0.15) is 8.78 Å². The Morgan fingerprint density at radius 3 is 2.50 bits per heavy atom. The van der Waals surface area contributed by atoms with E-state index in [4.69, 9.17) is 5.73 Å². The highest BCUT2D eigenvalue weighted by molar-refractivity contribution is 7.09. The molecule has 12 heavy (non-hydrogen) atoms. The van der Waals surface area contributed by atoms with Crippen molar-refractivity contribution in [3.05, 3.63) is 16.1 Å². The van der Waals surface area contributed by atoms with Gasteiger partial charge in [-0.25, -0.2) is 4.98 Å². The fourth-order valence-electron chi connectivity index (χ4n) is 0.698. The van der Waals surface area contributed by atoms with Gasteiger partial charge in [0, 0.05) is 12.3 Å². The Morgan fingerprint density at radius 1 is 1.67 bits per heavy atom. The van der Waals surface area contributed by atoms with Gasteiger partial charge in [0.25, 0.3) is 5.92 Å².